The van der Waals surface area contributed by atoms with Crippen molar-refractivity contribution in [1.82, 2.24) is 20.2 Å². The number of aliphatic hydroxyl groups excluding tert-OH is 5. The molecule has 4 unspecified atom stereocenters. The maximum Gasteiger partial charge on any atom is 0.280 e. The number of nitrogens with two attached hydrogens (primary N) is 2. The van der Waals surface area contributed by atoms with Crippen molar-refractivity contribution in [3.8, 4) is 5.75 Å². The van der Waals surface area contributed by atoms with Gasteiger partial charge in [-0.3, -0.25) is 20.0 Å². The maximum absolute atomic E-state index is 12.4. The molecule has 10 N–H and O–H groups in total. The molecule has 0 aliphatic carbocycles. The van der Waals surface area contributed by atoms with Crippen molar-refractivity contribution < 1.29 is 35.1 Å². The summed E-state index contributed by atoms with van der Waals surface area (Å²) in [6.07, 6.45) is -2.20. The summed E-state index contributed by atoms with van der Waals surface area (Å²) in [5.41, 5.74) is 14.2. The van der Waals surface area contributed by atoms with E-state index in [1.165, 1.54) is 5.56 Å². The van der Waals surface area contributed by atoms with Gasteiger partial charge in [-0.2, -0.15) is 0 Å². The second kappa shape index (κ2) is 20.6. The van der Waals surface area contributed by atoms with Gasteiger partial charge in [-0.05, 0) is 68.8 Å². The summed E-state index contributed by atoms with van der Waals surface area (Å²) in [6.45, 7) is 2.72. The van der Waals surface area contributed by atoms with Gasteiger partial charge >= 0.3 is 0 Å². The standard InChI is InChI=1S/C34H48ClN7O7/c1-22-31(35)40-28(32(36)39-22)33(48)41-34(37)38-16-6-5-10-24-12-14-25(15-13-24)49-19-18-42(17-7-11-23-8-3-2-4-9-23)20-26(44)29(46)30(47)27(45)21-43/h2-4,8-9,12-15,26-27,29-30,43-47H,5-7,10-11,16-21H2,1H3,(H2,36,39)(H3,37,38,41,48). The van der Waals surface area contributed by atoms with Gasteiger partial charge in [0.1, 0.15) is 30.7 Å². The Kier molecular flexibility index (Phi) is 16.6. The average Bonchev–Trinajstić information content (AvgIpc) is 3.09. The molecule has 15 heteroatoms. The van der Waals surface area contributed by atoms with E-state index in [-0.39, 0.29) is 29.2 Å². The van der Waals surface area contributed by atoms with Crippen molar-refractivity contribution in [3.05, 3.63) is 82.3 Å². The second-order valence-electron chi connectivity index (χ2n) is 11.7. The van der Waals surface area contributed by atoms with Crippen LogP contribution >= 0.6 is 11.6 Å². The Morgan fingerprint density at radius 1 is 0.939 bits per heavy atom. The van der Waals surface area contributed by atoms with Crippen molar-refractivity contribution in [2.45, 2.75) is 63.4 Å². The first kappa shape index (κ1) is 39.5. The lowest BCUT2D eigenvalue weighted by Gasteiger charge is -2.30. The number of halogens is 1. The number of amides is 1. The Morgan fingerprint density at radius 3 is 2.29 bits per heavy atom. The number of aromatic nitrogens is 2. The van der Waals surface area contributed by atoms with Gasteiger partial charge in [0.25, 0.3) is 5.91 Å². The summed E-state index contributed by atoms with van der Waals surface area (Å²) < 4.78 is 5.96. The van der Waals surface area contributed by atoms with E-state index in [1.54, 1.807) is 6.92 Å². The van der Waals surface area contributed by atoms with Crippen LogP contribution in [0.15, 0.2) is 59.6 Å². The van der Waals surface area contributed by atoms with Gasteiger partial charge < -0.3 is 41.7 Å². The molecule has 3 aromatic rings. The van der Waals surface area contributed by atoms with Crippen LogP contribution < -0.4 is 21.5 Å². The monoisotopic (exact) mass is 701 g/mol. The summed E-state index contributed by atoms with van der Waals surface area (Å²) in [5.74, 6) is -0.0607. The van der Waals surface area contributed by atoms with Crippen molar-refractivity contribution in [1.29, 1.82) is 0 Å². The number of nitrogens with zero attached hydrogens (tertiary/aromatic N) is 4. The molecule has 0 fully saturated rings. The molecule has 3 rings (SSSR count). The highest BCUT2D eigenvalue weighted by Gasteiger charge is 2.31. The van der Waals surface area contributed by atoms with E-state index in [4.69, 9.17) is 32.9 Å². The highest BCUT2D eigenvalue weighted by Crippen LogP contribution is 2.16. The van der Waals surface area contributed by atoms with E-state index in [0.717, 1.165) is 37.7 Å². The molecule has 0 saturated heterocycles. The highest BCUT2D eigenvalue weighted by atomic mass is 35.5. The first-order valence-electron chi connectivity index (χ1n) is 16.2. The number of unbranched alkanes of at least 4 members (excludes halogenated alkanes) is 1. The first-order valence-corrected chi connectivity index (χ1v) is 16.6. The molecular formula is C34H48ClN7O7. The summed E-state index contributed by atoms with van der Waals surface area (Å²) in [7, 11) is 0. The number of aryl methyl sites for hydroxylation is 3. The molecule has 0 aliphatic rings. The number of aliphatic hydroxyl groups is 5. The normalized spacial score (nSPS) is 14.3. The van der Waals surface area contributed by atoms with Crippen LogP contribution in [0.2, 0.25) is 5.15 Å². The molecular weight excluding hydrogens is 654 g/mol. The first-order chi connectivity index (χ1) is 23.5. The lowest BCUT2D eigenvalue weighted by atomic mass is 10.0. The van der Waals surface area contributed by atoms with Crippen molar-refractivity contribution in [2.24, 2.45) is 10.7 Å². The number of carbonyl (C=O) groups excluding carboxylic acids is 1. The number of anilines is 1. The Hall–Kier alpha value is -3.89. The van der Waals surface area contributed by atoms with Crippen LogP contribution in [0.4, 0.5) is 5.82 Å². The Bertz CT molecular complexity index is 1470. The van der Waals surface area contributed by atoms with Crippen molar-refractivity contribution >= 4 is 29.3 Å². The van der Waals surface area contributed by atoms with Crippen LogP contribution in [-0.2, 0) is 12.8 Å². The highest BCUT2D eigenvalue weighted by molar-refractivity contribution is 6.30. The molecule has 0 radical (unpaired) electrons. The Morgan fingerprint density at radius 2 is 1.59 bits per heavy atom. The average molecular weight is 702 g/mol. The molecule has 0 spiro atoms. The van der Waals surface area contributed by atoms with Crippen LogP contribution in [0.25, 0.3) is 0 Å². The van der Waals surface area contributed by atoms with Crippen LogP contribution in [-0.4, -0.2) is 116 Å². The molecule has 1 heterocycles. The fourth-order valence-corrected chi connectivity index (χ4v) is 5.09. The summed E-state index contributed by atoms with van der Waals surface area (Å²) in [6, 6.07) is 17.8. The third-order valence-electron chi connectivity index (χ3n) is 7.80. The number of ether oxygens (including phenoxy) is 1. The number of benzene rings is 2. The third-order valence-corrected chi connectivity index (χ3v) is 8.16. The van der Waals surface area contributed by atoms with E-state index in [1.807, 2.05) is 59.5 Å². The van der Waals surface area contributed by atoms with Gasteiger partial charge in [-0.25, -0.2) is 9.97 Å². The topological polar surface area (TPSA) is 233 Å². The molecule has 0 aliphatic heterocycles. The largest absolute Gasteiger partial charge is 0.492 e. The molecule has 1 amide bonds. The smallest absolute Gasteiger partial charge is 0.280 e. The number of nitrogen functional groups attached to an aromatic ring is 1. The summed E-state index contributed by atoms with van der Waals surface area (Å²) in [5, 5.41) is 52.2. The van der Waals surface area contributed by atoms with Crippen LogP contribution in [0.1, 0.15) is 46.6 Å². The van der Waals surface area contributed by atoms with E-state index >= 15 is 0 Å². The fourth-order valence-electron chi connectivity index (χ4n) is 4.97. The number of aliphatic imine (C=N–C) groups is 1. The van der Waals surface area contributed by atoms with Gasteiger partial charge in [-0.15, -0.1) is 0 Å². The van der Waals surface area contributed by atoms with E-state index in [2.05, 4.69) is 20.3 Å². The number of rotatable bonds is 20. The van der Waals surface area contributed by atoms with Crippen molar-refractivity contribution in [3.63, 3.8) is 0 Å². The van der Waals surface area contributed by atoms with Gasteiger partial charge in [0, 0.05) is 19.6 Å². The zero-order chi connectivity index (χ0) is 35.8. The molecule has 2 aromatic carbocycles. The zero-order valence-electron chi connectivity index (χ0n) is 27.7. The van der Waals surface area contributed by atoms with Gasteiger partial charge in [0.05, 0.1) is 18.4 Å². The van der Waals surface area contributed by atoms with E-state index in [9.17, 15) is 25.2 Å². The minimum atomic E-state index is -1.68. The number of nitrogens with one attached hydrogen (secondary N) is 1. The van der Waals surface area contributed by atoms with Crippen LogP contribution in [0.3, 0.4) is 0 Å². The molecule has 0 saturated carbocycles. The van der Waals surface area contributed by atoms with Crippen LogP contribution in [0.5, 0.6) is 5.75 Å². The third kappa shape index (κ3) is 13.5. The Labute approximate surface area is 291 Å². The predicted octanol–water partition coefficient (Wildman–Crippen LogP) is 0.838. The fraction of sp³-hybridized carbons (Fsp3) is 0.471. The van der Waals surface area contributed by atoms with Gasteiger partial charge in [-0.1, -0.05) is 54.1 Å². The minimum Gasteiger partial charge on any atom is -0.492 e. The molecule has 49 heavy (non-hydrogen) atoms. The summed E-state index contributed by atoms with van der Waals surface area (Å²) >= 11 is 5.94. The minimum absolute atomic E-state index is 0.0421. The SMILES string of the molecule is Cc1nc(N)c(C(=O)NC(N)=NCCCCc2ccc(OCCN(CCCc3ccccc3)CC(O)C(O)C(O)C(O)CO)cc2)nc1Cl. The predicted molar refractivity (Wildman–Crippen MR) is 187 cm³/mol. The summed E-state index contributed by atoms with van der Waals surface area (Å²) in [4.78, 5) is 26.4. The lowest BCUT2D eigenvalue weighted by molar-refractivity contribution is -0.119. The number of hydrogen-bond donors (Lipinski definition) is 8. The Balaban J connectivity index is 1.42. The zero-order valence-corrected chi connectivity index (χ0v) is 28.4. The molecule has 1 aromatic heterocycles. The quantitative estimate of drug-likeness (QED) is 0.0465. The van der Waals surface area contributed by atoms with E-state index in [0.29, 0.717) is 37.7 Å². The molecule has 0 bridgehead atoms. The van der Waals surface area contributed by atoms with Crippen molar-refractivity contribution in [2.75, 3.05) is 45.1 Å². The lowest BCUT2D eigenvalue weighted by Crippen LogP contribution is -2.50. The molecule has 4 atom stereocenters. The number of carbonyl (C=O) groups is 1. The molecule has 268 valence electrons. The number of hydrogen-bond acceptors (Lipinski definition) is 12. The van der Waals surface area contributed by atoms with Crippen LogP contribution in [0, 0.1) is 6.92 Å². The second-order valence-corrected chi connectivity index (χ2v) is 12.1. The van der Waals surface area contributed by atoms with E-state index < -0.39 is 36.9 Å². The maximum atomic E-state index is 12.4. The van der Waals surface area contributed by atoms with Gasteiger partial charge in [0.15, 0.2) is 22.6 Å². The molecule has 14 nitrogen and oxygen atoms in total. The van der Waals surface area contributed by atoms with Gasteiger partial charge in [0.2, 0.25) is 0 Å². The number of guanidine groups is 1.